The van der Waals surface area contributed by atoms with Crippen LogP contribution in [-0.2, 0) is 16.2 Å². The highest BCUT2D eigenvalue weighted by molar-refractivity contribution is 6.32. The van der Waals surface area contributed by atoms with Crippen molar-refractivity contribution in [1.29, 1.82) is 5.26 Å². The van der Waals surface area contributed by atoms with Crippen LogP contribution in [0.1, 0.15) is 23.6 Å². The van der Waals surface area contributed by atoms with E-state index in [2.05, 4.69) is 30.4 Å². The van der Waals surface area contributed by atoms with Crippen molar-refractivity contribution >= 4 is 29.6 Å². The summed E-state index contributed by atoms with van der Waals surface area (Å²) in [5, 5.41) is 20.8. The summed E-state index contributed by atoms with van der Waals surface area (Å²) in [6.45, 7) is 3.69. The van der Waals surface area contributed by atoms with Gasteiger partial charge in [0.05, 0.1) is 5.02 Å². The molecule has 0 aliphatic heterocycles. The van der Waals surface area contributed by atoms with Gasteiger partial charge in [0.15, 0.2) is 0 Å². The predicted molar refractivity (Wildman–Crippen MR) is 131 cm³/mol. The topological polar surface area (TPSA) is 99.4 Å². The molecule has 0 bridgehead atoms. The van der Waals surface area contributed by atoms with E-state index in [0.29, 0.717) is 22.9 Å². The third-order valence-corrected chi connectivity index (χ3v) is 5.56. The second-order valence-corrected chi connectivity index (χ2v) is 8.04. The summed E-state index contributed by atoms with van der Waals surface area (Å²) in [6, 6.07) is 21.7. The predicted octanol–water partition coefficient (Wildman–Crippen LogP) is 5.39. The highest BCUT2D eigenvalue weighted by Gasteiger charge is 2.17. The molecule has 0 saturated heterocycles. The van der Waals surface area contributed by atoms with E-state index in [-0.39, 0.29) is 5.57 Å². The maximum atomic E-state index is 12.1. The number of hydrogen-bond acceptors (Lipinski definition) is 4. The van der Waals surface area contributed by atoms with Crippen LogP contribution in [0.25, 0.3) is 17.2 Å². The standard InChI is InChI=1S/C27H23ClN2O4/c1-17-21(9-6-10-23(17)20-7-4-3-5-8-20)16-34-25-12-11-19(14-24(25)28)13-22(15-29)26(31)30-18(2)27(32)33/h3-14,18H,16H2,1-2H3,(H,30,31)(H,32,33)/b22-13+. The molecule has 172 valence electrons. The highest BCUT2D eigenvalue weighted by atomic mass is 35.5. The van der Waals surface area contributed by atoms with Crippen LogP contribution in [0, 0.1) is 18.3 Å². The lowest BCUT2D eigenvalue weighted by Crippen LogP contribution is -2.38. The number of nitrogens with one attached hydrogen (secondary N) is 1. The molecule has 0 aromatic heterocycles. The van der Waals surface area contributed by atoms with Crippen molar-refractivity contribution in [3.63, 3.8) is 0 Å². The summed E-state index contributed by atoms with van der Waals surface area (Å²) in [7, 11) is 0. The molecular formula is C27H23ClN2O4. The molecule has 0 radical (unpaired) electrons. The smallest absolute Gasteiger partial charge is 0.325 e. The first kappa shape index (κ1) is 24.6. The zero-order chi connectivity index (χ0) is 24.7. The number of ether oxygens (including phenoxy) is 1. The molecule has 0 fully saturated rings. The van der Waals surface area contributed by atoms with Crippen LogP contribution in [0.5, 0.6) is 5.75 Å². The fourth-order valence-corrected chi connectivity index (χ4v) is 3.54. The van der Waals surface area contributed by atoms with Gasteiger partial charge in [0.1, 0.15) is 30.0 Å². The number of carbonyl (C=O) groups is 2. The van der Waals surface area contributed by atoms with Crippen LogP contribution in [0.4, 0.5) is 0 Å². The Morgan fingerprint density at radius 2 is 1.88 bits per heavy atom. The number of hydrogen-bond donors (Lipinski definition) is 2. The van der Waals surface area contributed by atoms with Crippen molar-refractivity contribution in [2.75, 3.05) is 0 Å². The Morgan fingerprint density at radius 1 is 1.15 bits per heavy atom. The summed E-state index contributed by atoms with van der Waals surface area (Å²) in [6.07, 6.45) is 1.34. The van der Waals surface area contributed by atoms with Gasteiger partial charge in [-0.2, -0.15) is 5.26 Å². The van der Waals surface area contributed by atoms with Gasteiger partial charge in [0, 0.05) is 0 Å². The largest absolute Gasteiger partial charge is 0.487 e. The third kappa shape index (κ3) is 6.03. The van der Waals surface area contributed by atoms with Gasteiger partial charge in [0.2, 0.25) is 0 Å². The van der Waals surface area contributed by atoms with Crippen molar-refractivity contribution in [3.05, 3.63) is 94.0 Å². The third-order valence-electron chi connectivity index (χ3n) is 5.26. The lowest BCUT2D eigenvalue weighted by atomic mass is 9.97. The number of aliphatic carboxylic acids is 1. The molecule has 3 aromatic rings. The Bertz CT molecular complexity index is 1280. The number of carboxylic acids is 1. The maximum absolute atomic E-state index is 12.1. The monoisotopic (exact) mass is 474 g/mol. The first-order chi connectivity index (χ1) is 16.3. The second-order valence-electron chi connectivity index (χ2n) is 7.64. The first-order valence-corrected chi connectivity index (χ1v) is 10.9. The quantitative estimate of drug-likeness (QED) is 0.337. The highest BCUT2D eigenvalue weighted by Crippen LogP contribution is 2.29. The molecule has 3 rings (SSSR count). The van der Waals surface area contributed by atoms with Crippen molar-refractivity contribution in [1.82, 2.24) is 5.32 Å². The van der Waals surface area contributed by atoms with Crippen LogP contribution in [0.3, 0.4) is 0 Å². The van der Waals surface area contributed by atoms with Crippen molar-refractivity contribution in [2.45, 2.75) is 26.5 Å². The second kappa shape index (κ2) is 11.2. The number of carboxylic acid groups (broad SMARTS) is 1. The number of halogens is 1. The molecule has 1 amide bonds. The Hall–Kier alpha value is -4.08. The van der Waals surface area contributed by atoms with Gasteiger partial charge >= 0.3 is 5.97 Å². The summed E-state index contributed by atoms with van der Waals surface area (Å²) < 4.78 is 5.95. The van der Waals surface area contributed by atoms with Crippen molar-refractivity contribution in [3.8, 4) is 22.9 Å². The number of rotatable bonds is 8. The molecular weight excluding hydrogens is 452 g/mol. The van der Waals surface area contributed by atoms with E-state index in [1.807, 2.05) is 30.3 Å². The Kier molecular flexibility index (Phi) is 8.07. The van der Waals surface area contributed by atoms with Crippen molar-refractivity contribution < 1.29 is 19.4 Å². The summed E-state index contributed by atoms with van der Waals surface area (Å²) in [5.41, 5.74) is 4.68. The van der Waals surface area contributed by atoms with E-state index in [1.165, 1.54) is 13.0 Å². The lowest BCUT2D eigenvalue weighted by molar-refractivity contribution is -0.140. The van der Waals surface area contributed by atoms with E-state index >= 15 is 0 Å². The van der Waals surface area contributed by atoms with E-state index in [4.69, 9.17) is 21.4 Å². The fraction of sp³-hybridized carbons (Fsp3) is 0.148. The zero-order valence-corrected chi connectivity index (χ0v) is 19.5. The zero-order valence-electron chi connectivity index (χ0n) is 18.7. The average molecular weight is 475 g/mol. The average Bonchev–Trinajstić information content (AvgIpc) is 2.83. The van der Waals surface area contributed by atoms with Crippen LogP contribution in [0.2, 0.25) is 5.02 Å². The molecule has 2 N–H and O–H groups in total. The molecule has 0 spiro atoms. The Labute approximate surface area is 203 Å². The number of carbonyl (C=O) groups excluding carboxylic acids is 1. The summed E-state index contributed by atoms with van der Waals surface area (Å²) in [5.74, 6) is -1.51. The van der Waals surface area contributed by atoms with Gasteiger partial charge in [-0.15, -0.1) is 0 Å². The summed E-state index contributed by atoms with van der Waals surface area (Å²) in [4.78, 5) is 23.1. The lowest BCUT2D eigenvalue weighted by Gasteiger charge is -2.14. The normalized spacial score (nSPS) is 11.9. The van der Waals surface area contributed by atoms with Gasteiger partial charge in [-0.05, 0) is 59.9 Å². The van der Waals surface area contributed by atoms with Crippen LogP contribution in [0.15, 0.2) is 72.3 Å². The van der Waals surface area contributed by atoms with E-state index in [1.54, 1.807) is 24.3 Å². The molecule has 6 nitrogen and oxygen atoms in total. The number of benzene rings is 3. The molecule has 1 atom stereocenters. The minimum atomic E-state index is -1.19. The van der Waals surface area contributed by atoms with Gasteiger partial charge in [-0.3, -0.25) is 9.59 Å². The molecule has 0 aliphatic rings. The van der Waals surface area contributed by atoms with Gasteiger partial charge in [-0.1, -0.05) is 66.2 Å². The maximum Gasteiger partial charge on any atom is 0.325 e. The summed E-state index contributed by atoms with van der Waals surface area (Å²) >= 11 is 6.38. The van der Waals surface area contributed by atoms with E-state index in [9.17, 15) is 14.9 Å². The van der Waals surface area contributed by atoms with Crippen LogP contribution < -0.4 is 10.1 Å². The molecule has 0 saturated carbocycles. The number of nitriles is 1. The van der Waals surface area contributed by atoms with Crippen LogP contribution in [-0.4, -0.2) is 23.0 Å². The van der Waals surface area contributed by atoms with Crippen molar-refractivity contribution in [2.24, 2.45) is 0 Å². The fourth-order valence-electron chi connectivity index (χ4n) is 3.30. The minimum Gasteiger partial charge on any atom is -0.487 e. The number of amides is 1. The minimum absolute atomic E-state index is 0.230. The van der Waals surface area contributed by atoms with E-state index < -0.39 is 17.9 Å². The molecule has 3 aromatic carbocycles. The van der Waals surface area contributed by atoms with Crippen LogP contribution >= 0.6 is 11.6 Å². The van der Waals surface area contributed by atoms with Gasteiger partial charge < -0.3 is 15.2 Å². The SMILES string of the molecule is Cc1c(COc2ccc(/C=C(\C#N)C(=O)NC(C)C(=O)O)cc2Cl)cccc1-c1ccccc1. The number of nitrogens with zero attached hydrogens (tertiary/aromatic N) is 1. The first-order valence-electron chi connectivity index (χ1n) is 10.5. The molecule has 7 heteroatoms. The molecule has 0 heterocycles. The van der Waals surface area contributed by atoms with E-state index in [0.717, 1.165) is 22.3 Å². The van der Waals surface area contributed by atoms with Gasteiger partial charge in [-0.25, -0.2) is 0 Å². The Morgan fingerprint density at radius 3 is 2.53 bits per heavy atom. The Balaban J connectivity index is 1.74. The van der Waals surface area contributed by atoms with Gasteiger partial charge in [0.25, 0.3) is 5.91 Å². The molecule has 1 unspecified atom stereocenters. The molecule has 34 heavy (non-hydrogen) atoms. The molecule has 0 aliphatic carbocycles.